The zero-order valence-corrected chi connectivity index (χ0v) is 18.5. The molecule has 0 radical (unpaired) electrons. The number of amides is 1. The van der Waals surface area contributed by atoms with E-state index in [1.54, 1.807) is 24.3 Å². The molecule has 0 spiro atoms. The van der Waals surface area contributed by atoms with Gasteiger partial charge < -0.3 is 14.5 Å². The number of nitrogens with one attached hydrogen (secondary N) is 1. The first-order valence-electron chi connectivity index (χ1n) is 10.7. The fourth-order valence-electron chi connectivity index (χ4n) is 3.68. The maximum atomic E-state index is 13.1. The van der Waals surface area contributed by atoms with Gasteiger partial charge in [-0.2, -0.15) is 4.31 Å². The lowest BCUT2D eigenvalue weighted by Crippen LogP contribution is -2.32. The highest BCUT2D eigenvalue weighted by Crippen LogP contribution is 2.24. The molecule has 8 heteroatoms. The topological polar surface area (TPSA) is 88.9 Å². The Morgan fingerprint density at radius 3 is 2.47 bits per heavy atom. The lowest BCUT2D eigenvalue weighted by atomic mass is 10.2. The van der Waals surface area contributed by atoms with Gasteiger partial charge in [-0.05, 0) is 49.2 Å². The molecule has 1 fully saturated rings. The highest BCUT2D eigenvalue weighted by atomic mass is 32.2. The Morgan fingerprint density at radius 2 is 1.72 bits per heavy atom. The van der Waals surface area contributed by atoms with Crippen LogP contribution in [-0.2, 0) is 16.6 Å². The van der Waals surface area contributed by atoms with Crippen molar-refractivity contribution in [1.29, 1.82) is 0 Å². The van der Waals surface area contributed by atoms with Crippen LogP contribution in [-0.4, -0.2) is 31.7 Å². The smallest absolute Gasteiger partial charge is 0.291 e. The van der Waals surface area contributed by atoms with E-state index in [1.807, 2.05) is 30.3 Å². The van der Waals surface area contributed by atoms with Gasteiger partial charge in [-0.3, -0.25) is 4.79 Å². The van der Waals surface area contributed by atoms with Crippen LogP contribution in [0.4, 0.5) is 5.69 Å². The van der Waals surface area contributed by atoms with Crippen molar-refractivity contribution >= 4 is 21.6 Å². The molecule has 168 valence electrons. The Labute approximate surface area is 188 Å². The maximum Gasteiger partial charge on any atom is 0.291 e. The van der Waals surface area contributed by atoms with E-state index in [1.165, 1.54) is 16.6 Å². The molecule has 32 heavy (non-hydrogen) atoms. The summed E-state index contributed by atoms with van der Waals surface area (Å²) in [6, 6.07) is 17.3. The molecule has 7 nitrogen and oxygen atoms in total. The third kappa shape index (κ3) is 5.20. The molecule has 0 atom stereocenters. The molecule has 0 unspecified atom stereocenters. The number of hydrogen-bond donors (Lipinski definition) is 1. The zero-order chi connectivity index (χ0) is 22.4. The van der Waals surface area contributed by atoms with Crippen molar-refractivity contribution in [3.05, 3.63) is 78.3 Å². The summed E-state index contributed by atoms with van der Waals surface area (Å²) in [7, 11) is -3.61. The second-order valence-electron chi connectivity index (χ2n) is 7.68. The van der Waals surface area contributed by atoms with Gasteiger partial charge in [0.25, 0.3) is 5.91 Å². The highest BCUT2D eigenvalue weighted by molar-refractivity contribution is 7.89. The number of furan rings is 1. The molecule has 0 bridgehead atoms. The Morgan fingerprint density at radius 1 is 0.969 bits per heavy atom. The van der Waals surface area contributed by atoms with Crippen LogP contribution in [0.1, 0.15) is 41.8 Å². The molecule has 4 rings (SSSR count). The van der Waals surface area contributed by atoms with E-state index in [0.717, 1.165) is 25.7 Å². The van der Waals surface area contributed by atoms with Crippen LogP contribution in [0.15, 0.2) is 76.2 Å². The van der Waals surface area contributed by atoms with E-state index in [-0.39, 0.29) is 17.3 Å². The van der Waals surface area contributed by atoms with Gasteiger partial charge in [0.2, 0.25) is 10.0 Å². The highest BCUT2D eigenvalue weighted by Gasteiger charge is 2.25. The number of nitrogens with zero attached hydrogens (tertiary/aromatic N) is 1. The number of ether oxygens (including phenoxy) is 1. The van der Waals surface area contributed by atoms with Gasteiger partial charge in [-0.25, -0.2) is 8.42 Å². The van der Waals surface area contributed by atoms with Gasteiger partial charge in [0.05, 0.1) is 11.2 Å². The lowest BCUT2D eigenvalue weighted by Gasteiger charge is -2.20. The third-order valence-electron chi connectivity index (χ3n) is 5.39. The van der Waals surface area contributed by atoms with Crippen LogP contribution in [0.3, 0.4) is 0 Å². The van der Waals surface area contributed by atoms with Crippen LogP contribution in [0.25, 0.3) is 0 Å². The van der Waals surface area contributed by atoms with Gasteiger partial charge >= 0.3 is 0 Å². The number of benzene rings is 2. The minimum atomic E-state index is -3.61. The Hall–Kier alpha value is -3.10. The van der Waals surface area contributed by atoms with E-state index >= 15 is 0 Å². The summed E-state index contributed by atoms with van der Waals surface area (Å²) in [6.45, 7) is 1.22. The SMILES string of the molecule is O=C(Nc1cccc(S(=O)(=O)N2CCCCCC2)c1)c1occc1COc1ccccc1. The van der Waals surface area contributed by atoms with E-state index < -0.39 is 15.9 Å². The number of anilines is 1. The van der Waals surface area contributed by atoms with Crippen LogP contribution in [0, 0.1) is 0 Å². The van der Waals surface area contributed by atoms with Gasteiger partial charge in [-0.1, -0.05) is 37.1 Å². The minimum absolute atomic E-state index is 0.127. The fraction of sp³-hybridized carbons (Fsp3) is 0.292. The van der Waals surface area contributed by atoms with Crippen molar-refractivity contribution < 1.29 is 22.4 Å². The molecule has 1 aliphatic rings. The first-order chi connectivity index (χ1) is 15.5. The molecule has 1 N–H and O–H groups in total. The Balaban J connectivity index is 1.46. The zero-order valence-electron chi connectivity index (χ0n) is 17.7. The normalized spacial score (nSPS) is 15.1. The van der Waals surface area contributed by atoms with Gasteiger partial charge in [0.15, 0.2) is 5.76 Å². The number of rotatable bonds is 7. The first kappa shape index (κ1) is 22.1. The molecular formula is C24H26N2O5S. The predicted molar refractivity (Wildman–Crippen MR) is 121 cm³/mol. The van der Waals surface area contributed by atoms with Crippen molar-refractivity contribution in [3.8, 4) is 5.75 Å². The minimum Gasteiger partial charge on any atom is -0.489 e. The lowest BCUT2D eigenvalue weighted by molar-refractivity contribution is 0.0993. The Bertz CT molecular complexity index is 1150. The van der Waals surface area contributed by atoms with E-state index in [4.69, 9.17) is 9.15 Å². The monoisotopic (exact) mass is 454 g/mol. The van der Waals surface area contributed by atoms with Gasteiger partial charge in [0.1, 0.15) is 12.4 Å². The molecule has 0 aliphatic carbocycles. The second kappa shape index (κ2) is 10.0. The average Bonchev–Trinajstić information content (AvgIpc) is 3.10. The molecule has 2 aromatic carbocycles. The van der Waals surface area contributed by atoms with Crippen molar-refractivity contribution in [1.82, 2.24) is 4.31 Å². The third-order valence-corrected chi connectivity index (χ3v) is 7.28. The molecule has 1 amide bonds. The summed E-state index contributed by atoms with van der Waals surface area (Å²) in [6.07, 6.45) is 5.24. The van der Waals surface area contributed by atoms with Crippen molar-refractivity contribution in [3.63, 3.8) is 0 Å². The number of hydrogen-bond acceptors (Lipinski definition) is 5. The molecular weight excluding hydrogens is 428 g/mol. The van der Waals surface area contributed by atoms with E-state index in [2.05, 4.69) is 5.32 Å². The summed E-state index contributed by atoms with van der Waals surface area (Å²) >= 11 is 0. The van der Waals surface area contributed by atoms with Crippen LogP contribution >= 0.6 is 0 Å². The summed E-state index contributed by atoms with van der Waals surface area (Å²) in [5, 5.41) is 2.74. The average molecular weight is 455 g/mol. The largest absolute Gasteiger partial charge is 0.489 e. The van der Waals surface area contributed by atoms with Crippen molar-refractivity contribution in [2.24, 2.45) is 0 Å². The van der Waals surface area contributed by atoms with E-state index in [9.17, 15) is 13.2 Å². The molecule has 1 saturated heterocycles. The molecule has 0 saturated carbocycles. The standard InChI is InChI=1S/C24H26N2O5S/c27-24(23-19(13-16-30-23)18-31-21-10-4-3-5-11-21)25-20-9-8-12-22(17-20)32(28,29)26-14-6-1-2-7-15-26/h3-5,8-13,16-17H,1-2,6-7,14-15,18H2,(H,25,27). The van der Waals surface area contributed by atoms with Crippen molar-refractivity contribution in [2.75, 3.05) is 18.4 Å². The fourth-order valence-corrected chi connectivity index (χ4v) is 5.24. The molecule has 2 heterocycles. The second-order valence-corrected chi connectivity index (χ2v) is 9.61. The summed E-state index contributed by atoms with van der Waals surface area (Å²) < 4.78 is 38.7. The Kier molecular flexibility index (Phi) is 6.92. The first-order valence-corrected chi connectivity index (χ1v) is 12.1. The summed E-state index contributed by atoms with van der Waals surface area (Å²) in [5.41, 5.74) is 0.983. The van der Waals surface area contributed by atoms with Gasteiger partial charge in [-0.15, -0.1) is 0 Å². The van der Waals surface area contributed by atoms with E-state index in [0.29, 0.717) is 30.1 Å². The number of sulfonamides is 1. The number of para-hydroxylation sites is 1. The maximum absolute atomic E-state index is 13.1. The molecule has 1 aliphatic heterocycles. The van der Waals surface area contributed by atoms with Crippen molar-refractivity contribution in [2.45, 2.75) is 37.2 Å². The molecule has 1 aromatic heterocycles. The quantitative estimate of drug-likeness (QED) is 0.560. The molecule has 3 aromatic rings. The van der Waals surface area contributed by atoms with Crippen LogP contribution in [0.5, 0.6) is 5.75 Å². The van der Waals surface area contributed by atoms with Gasteiger partial charge in [0, 0.05) is 24.3 Å². The number of carbonyl (C=O) groups is 1. The number of carbonyl (C=O) groups excluding carboxylic acids is 1. The predicted octanol–water partition coefficient (Wildman–Crippen LogP) is 4.68. The summed E-state index contributed by atoms with van der Waals surface area (Å²) in [5.74, 6) is 0.346. The van der Waals surface area contributed by atoms with Crippen LogP contribution < -0.4 is 10.1 Å². The van der Waals surface area contributed by atoms with Crippen LogP contribution in [0.2, 0.25) is 0 Å². The summed E-state index contributed by atoms with van der Waals surface area (Å²) in [4.78, 5) is 13.0.